The number of allylic oxidation sites excluding steroid dienone is 1. The summed E-state index contributed by atoms with van der Waals surface area (Å²) >= 11 is 1.83. The predicted octanol–water partition coefficient (Wildman–Crippen LogP) is 10.2. The number of hydrogen-bond acceptors (Lipinski definition) is 4. The van der Waals surface area contributed by atoms with Crippen LogP contribution in [0, 0.1) is 5.41 Å². The first kappa shape index (κ1) is 25.8. The summed E-state index contributed by atoms with van der Waals surface area (Å²) in [5.41, 5.74) is 7.93. The predicted molar refractivity (Wildman–Crippen MR) is 180 cm³/mol. The number of nitrogens with one attached hydrogen (secondary N) is 1. The van der Waals surface area contributed by atoms with Crippen molar-refractivity contribution in [3.8, 4) is 11.3 Å². The summed E-state index contributed by atoms with van der Waals surface area (Å²) in [7, 11) is 0. The van der Waals surface area contributed by atoms with Gasteiger partial charge in [0.25, 0.3) is 0 Å². The maximum absolute atomic E-state index is 8.75. The van der Waals surface area contributed by atoms with Gasteiger partial charge in [-0.25, -0.2) is 4.98 Å². The van der Waals surface area contributed by atoms with E-state index in [1.54, 1.807) is 0 Å². The Morgan fingerprint density at radius 1 is 0.690 bits per heavy atom. The summed E-state index contributed by atoms with van der Waals surface area (Å²) in [6, 6.07) is 45.3. The summed E-state index contributed by atoms with van der Waals surface area (Å²) in [4.78, 5) is 10.3. The van der Waals surface area contributed by atoms with Gasteiger partial charge < -0.3 is 5.41 Å². The highest BCUT2D eigenvalue weighted by Gasteiger charge is 2.16. The van der Waals surface area contributed by atoms with Crippen LogP contribution in [-0.2, 0) is 0 Å². The second kappa shape index (κ2) is 11.0. The number of aliphatic imine (C=N–C) groups is 1. The van der Waals surface area contributed by atoms with Crippen molar-refractivity contribution >= 4 is 59.5 Å². The third kappa shape index (κ3) is 4.83. The third-order valence-electron chi connectivity index (χ3n) is 7.49. The van der Waals surface area contributed by atoms with Crippen molar-refractivity contribution in [2.45, 2.75) is 6.92 Å². The van der Waals surface area contributed by atoms with Crippen molar-refractivity contribution in [2.75, 3.05) is 0 Å². The van der Waals surface area contributed by atoms with Crippen LogP contribution in [0.3, 0.4) is 0 Å². The summed E-state index contributed by atoms with van der Waals surface area (Å²) < 4.78 is 2.53. The van der Waals surface area contributed by atoms with Gasteiger partial charge in [-0.1, -0.05) is 115 Å². The Kier molecular flexibility index (Phi) is 6.75. The molecule has 7 aromatic rings. The molecule has 0 aliphatic rings. The van der Waals surface area contributed by atoms with Crippen molar-refractivity contribution in [3.05, 3.63) is 156 Å². The molecular weight excluding hydrogens is 531 g/mol. The minimum absolute atomic E-state index is 0.423. The van der Waals surface area contributed by atoms with Gasteiger partial charge in [-0.2, -0.15) is 0 Å². The third-order valence-corrected chi connectivity index (χ3v) is 8.69. The molecule has 0 fully saturated rings. The number of aromatic nitrogens is 1. The van der Waals surface area contributed by atoms with Crippen molar-refractivity contribution in [2.24, 2.45) is 4.99 Å². The van der Waals surface area contributed by atoms with Gasteiger partial charge in [-0.05, 0) is 42.3 Å². The Labute approximate surface area is 248 Å². The topological polar surface area (TPSA) is 49.1 Å². The minimum Gasteiger partial charge on any atom is -0.300 e. The molecule has 0 unspecified atom stereocenters. The molecule has 200 valence electrons. The lowest BCUT2D eigenvalue weighted by molar-refractivity contribution is 1.42. The Hall–Kier alpha value is -5.19. The van der Waals surface area contributed by atoms with E-state index < -0.39 is 0 Å². The van der Waals surface area contributed by atoms with Crippen LogP contribution in [0.5, 0.6) is 0 Å². The number of pyridine rings is 1. The maximum Gasteiger partial charge on any atom is 0.0803 e. The molecule has 7 rings (SSSR count). The standard InChI is InChI=1S/C38H27N3S/c1-25(40-34(27-15-6-3-7-16-27)24-32(39)26-13-4-2-5-14-26)28-17-12-18-29(23-28)37-36-31-20-9-11-22-35(31)42-38(36)30-19-8-10-21-33(30)41-37/h2-24,39H,1H3/b34-24-,39-32?,40-25?. The zero-order chi connectivity index (χ0) is 28.5. The zero-order valence-electron chi connectivity index (χ0n) is 23.1. The molecule has 0 aliphatic heterocycles. The van der Waals surface area contributed by atoms with Crippen LogP contribution in [0.15, 0.2) is 145 Å². The van der Waals surface area contributed by atoms with E-state index >= 15 is 0 Å². The van der Waals surface area contributed by atoms with E-state index in [4.69, 9.17) is 15.4 Å². The molecule has 4 heteroatoms. The summed E-state index contributed by atoms with van der Waals surface area (Å²) in [5, 5.41) is 12.4. The van der Waals surface area contributed by atoms with E-state index in [-0.39, 0.29) is 0 Å². The van der Waals surface area contributed by atoms with Gasteiger partial charge in [0.1, 0.15) is 0 Å². The van der Waals surface area contributed by atoms with E-state index in [9.17, 15) is 0 Å². The summed E-state index contributed by atoms with van der Waals surface area (Å²) in [5.74, 6) is 0. The molecule has 0 radical (unpaired) electrons. The molecular formula is C38H27N3S. The van der Waals surface area contributed by atoms with Gasteiger partial charge >= 0.3 is 0 Å². The number of benzene rings is 5. The lowest BCUT2D eigenvalue weighted by Gasteiger charge is -2.10. The molecule has 0 saturated carbocycles. The molecule has 1 N–H and O–H groups in total. The Bertz CT molecular complexity index is 2160. The lowest BCUT2D eigenvalue weighted by Crippen LogP contribution is -2.00. The van der Waals surface area contributed by atoms with Crippen LogP contribution in [0.2, 0.25) is 0 Å². The largest absolute Gasteiger partial charge is 0.300 e. The highest BCUT2D eigenvalue weighted by atomic mass is 32.1. The quantitative estimate of drug-likeness (QED) is 0.203. The van der Waals surface area contributed by atoms with Gasteiger partial charge in [0.05, 0.1) is 22.6 Å². The molecule has 0 amide bonds. The number of para-hydroxylation sites is 1. The van der Waals surface area contributed by atoms with E-state index in [0.717, 1.165) is 44.9 Å². The van der Waals surface area contributed by atoms with E-state index in [1.807, 2.05) is 85.0 Å². The van der Waals surface area contributed by atoms with Crippen LogP contribution < -0.4 is 0 Å². The fourth-order valence-electron chi connectivity index (χ4n) is 5.38. The number of fused-ring (bicyclic) bond motifs is 5. The van der Waals surface area contributed by atoms with Gasteiger partial charge in [0, 0.05) is 42.4 Å². The van der Waals surface area contributed by atoms with Gasteiger partial charge in [0.2, 0.25) is 0 Å². The SMILES string of the molecule is CC(=N/C(=C\C(=N)c1ccccc1)c1ccccc1)c1cccc(-c2nc3ccccc3c3sc4ccccc4c23)c1. The van der Waals surface area contributed by atoms with Crippen LogP contribution in [0.1, 0.15) is 23.6 Å². The number of thiophene rings is 1. The Morgan fingerprint density at radius 2 is 1.33 bits per heavy atom. The van der Waals surface area contributed by atoms with Crippen LogP contribution in [-0.4, -0.2) is 16.4 Å². The minimum atomic E-state index is 0.423. The molecule has 0 aliphatic carbocycles. The maximum atomic E-state index is 8.75. The second-order valence-electron chi connectivity index (χ2n) is 10.2. The number of rotatable bonds is 6. The molecule has 2 aromatic heterocycles. The molecule has 0 saturated heterocycles. The monoisotopic (exact) mass is 557 g/mol. The van der Waals surface area contributed by atoms with Crippen molar-refractivity contribution in [1.82, 2.24) is 4.98 Å². The van der Waals surface area contributed by atoms with Crippen molar-refractivity contribution < 1.29 is 0 Å². The fourth-order valence-corrected chi connectivity index (χ4v) is 6.62. The average Bonchev–Trinajstić information content (AvgIpc) is 3.45. The first-order chi connectivity index (χ1) is 20.7. The zero-order valence-corrected chi connectivity index (χ0v) is 23.9. The van der Waals surface area contributed by atoms with E-state index in [0.29, 0.717) is 5.71 Å². The summed E-state index contributed by atoms with van der Waals surface area (Å²) in [6.07, 6.45) is 1.85. The lowest BCUT2D eigenvalue weighted by atomic mass is 9.99. The Balaban J connectivity index is 1.36. The Morgan fingerprint density at radius 3 is 2.12 bits per heavy atom. The van der Waals surface area contributed by atoms with E-state index in [1.165, 1.54) is 25.6 Å². The summed E-state index contributed by atoms with van der Waals surface area (Å²) in [6.45, 7) is 2.03. The smallest absolute Gasteiger partial charge is 0.0803 e. The van der Waals surface area contributed by atoms with Gasteiger partial charge in [-0.3, -0.25) is 4.99 Å². The molecule has 0 atom stereocenters. The normalized spacial score (nSPS) is 12.3. The van der Waals surface area contributed by atoms with Crippen LogP contribution in [0.25, 0.3) is 48.0 Å². The number of hydrogen-bond donors (Lipinski definition) is 1. The first-order valence-corrected chi connectivity index (χ1v) is 14.7. The van der Waals surface area contributed by atoms with Crippen molar-refractivity contribution in [3.63, 3.8) is 0 Å². The average molecular weight is 558 g/mol. The number of nitrogens with zero attached hydrogens (tertiary/aromatic N) is 2. The fraction of sp³-hybridized carbons (Fsp3) is 0.0263. The molecule has 5 aromatic carbocycles. The molecule has 0 bridgehead atoms. The van der Waals surface area contributed by atoms with Gasteiger partial charge in [0.15, 0.2) is 0 Å². The van der Waals surface area contributed by atoms with Crippen LogP contribution in [0.4, 0.5) is 0 Å². The van der Waals surface area contributed by atoms with Crippen molar-refractivity contribution in [1.29, 1.82) is 5.41 Å². The highest BCUT2D eigenvalue weighted by molar-refractivity contribution is 7.26. The van der Waals surface area contributed by atoms with Crippen LogP contribution >= 0.6 is 11.3 Å². The molecule has 42 heavy (non-hydrogen) atoms. The highest BCUT2D eigenvalue weighted by Crippen LogP contribution is 2.42. The molecule has 2 heterocycles. The van der Waals surface area contributed by atoms with E-state index in [2.05, 4.69) is 72.8 Å². The molecule has 0 spiro atoms. The van der Waals surface area contributed by atoms with Gasteiger partial charge in [-0.15, -0.1) is 11.3 Å². The second-order valence-corrected chi connectivity index (χ2v) is 11.3. The molecule has 3 nitrogen and oxygen atoms in total. The first-order valence-electron chi connectivity index (χ1n) is 13.9.